The van der Waals surface area contributed by atoms with Gasteiger partial charge >= 0.3 is 0 Å². The molecule has 1 N–H and O–H groups in total. The molecule has 0 fully saturated rings. The second-order valence-electron chi connectivity index (χ2n) is 7.65. The molecule has 1 aliphatic rings. The van der Waals surface area contributed by atoms with Crippen molar-refractivity contribution in [1.82, 2.24) is 9.88 Å². The molecular weight excluding hydrogens is 336 g/mol. The SMILES string of the molecule is Cc1cc(OCC(=O)N2CCc3[nH]c4ccccc4c3C2)ccc1C(C)C. The van der Waals surface area contributed by atoms with Gasteiger partial charge in [-0.05, 0) is 42.2 Å². The zero-order valence-electron chi connectivity index (χ0n) is 16.2. The summed E-state index contributed by atoms with van der Waals surface area (Å²) in [7, 11) is 0. The third-order valence-electron chi connectivity index (χ3n) is 5.46. The first-order valence-corrected chi connectivity index (χ1v) is 9.62. The fourth-order valence-electron chi connectivity index (χ4n) is 4.00. The van der Waals surface area contributed by atoms with Crippen LogP contribution in [0.5, 0.6) is 5.75 Å². The van der Waals surface area contributed by atoms with Gasteiger partial charge in [0.1, 0.15) is 5.75 Å². The molecule has 0 saturated heterocycles. The summed E-state index contributed by atoms with van der Waals surface area (Å²) in [6.07, 6.45) is 0.859. The molecule has 1 aromatic heterocycles. The van der Waals surface area contributed by atoms with E-state index in [9.17, 15) is 4.79 Å². The van der Waals surface area contributed by atoms with Gasteiger partial charge in [-0.3, -0.25) is 4.79 Å². The fourth-order valence-corrected chi connectivity index (χ4v) is 4.00. The Bertz CT molecular complexity index is 987. The quantitative estimate of drug-likeness (QED) is 0.739. The maximum Gasteiger partial charge on any atom is 0.260 e. The number of aryl methyl sites for hydroxylation is 1. The van der Waals surface area contributed by atoms with Crippen molar-refractivity contribution in [3.05, 3.63) is 64.8 Å². The van der Waals surface area contributed by atoms with Crippen LogP contribution in [0.15, 0.2) is 42.5 Å². The Balaban J connectivity index is 1.43. The van der Waals surface area contributed by atoms with Gasteiger partial charge in [0.15, 0.2) is 6.61 Å². The number of para-hydroxylation sites is 1. The minimum atomic E-state index is 0.0384. The average Bonchev–Trinajstić information content (AvgIpc) is 3.03. The highest BCUT2D eigenvalue weighted by atomic mass is 16.5. The van der Waals surface area contributed by atoms with Crippen LogP contribution in [-0.2, 0) is 17.8 Å². The molecule has 0 atom stereocenters. The average molecular weight is 362 g/mol. The summed E-state index contributed by atoms with van der Waals surface area (Å²) in [6.45, 7) is 7.91. The van der Waals surface area contributed by atoms with Gasteiger partial charge < -0.3 is 14.6 Å². The summed E-state index contributed by atoms with van der Waals surface area (Å²) in [5.41, 5.74) is 6.16. The van der Waals surface area contributed by atoms with Crippen LogP contribution >= 0.6 is 0 Å². The van der Waals surface area contributed by atoms with E-state index < -0.39 is 0 Å². The molecule has 0 saturated carbocycles. The number of nitrogens with zero attached hydrogens (tertiary/aromatic N) is 1. The van der Waals surface area contributed by atoms with Crippen LogP contribution in [0.3, 0.4) is 0 Å². The van der Waals surface area contributed by atoms with Crippen LogP contribution in [0.25, 0.3) is 10.9 Å². The Kier molecular flexibility index (Phi) is 4.65. The first kappa shape index (κ1) is 17.7. The largest absolute Gasteiger partial charge is 0.484 e. The van der Waals surface area contributed by atoms with Crippen molar-refractivity contribution < 1.29 is 9.53 Å². The minimum absolute atomic E-state index is 0.0384. The van der Waals surface area contributed by atoms with Crippen LogP contribution in [0.1, 0.15) is 42.1 Å². The van der Waals surface area contributed by atoms with Gasteiger partial charge in [0, 0.05) is 41.7 Å². The highest BCUT2D eigenvalue weighted by Gasteiger charge is 2.24. The number of carbonyl (C=O) groups excluding carboxylic acids is 1. The van der Waals surface area contributed by atoms with E-state index in [4.69, 9.17) is 4.74 Å². The summed E-state index contributed by atoms with van der Waals surface area (Å²) >= 11 is 0. The molecule has 140 valence electrons. The van der Waals surface area contributed by atoms with Crippen LogP contribution in [0.2, 0.25) is 0 Å². The van der Waals surface area contributed by atoms with Crippen LogP contribution < -0.4 is 4.74 Å². The summed E-state index contributed by atoms with van der Waals surface area (Å²) < 4.78 is 5.79. The molecule has 0 spiro atoms. The number of H-pyrrole nitrogens is 1. The second-order valence-corrected chi connectivity index (χ2v) is 7.65. The zero-order chi connectivity index (χ0) is 19.0. The van der Waals surface area contributed by atoms with Gasteiger partial charge in [-0.25, -0.2) is 0 Å². The number of hydrogen-bond acceptors (Lipinski definition) is 2. The number of rotatable bonds is 4. The van der Waals surface area contributed by atoms with E-state index in [0.29, 0.717) is 12.5 Å². The molecule has 27 heavy (non-hydrogen) atoms. The van der Waals surface area contributed by atoms with E-state index in [0.717, 1.165) is 24.2 Å². The molecule has 2 aromatic carbocycles. The minimum Gasteiger partial charge on any atom is -0.484 e. The number of aromatic amines is 1. The number of benzene rings is 2. The van der Waals surface area contributed by atoms with Crippen molar-refractivity contribution in [3.63, 3.8) is 0 Å². The van der Waals surface area contributed by atoms with Gasteiger partial charge in [-0.15, -0.1) is 0 Å². The number of aromatic nitrogens is 1. The Morgan fingerprint density at radius 2 is 2.04 bits per heavy atom. The number of fused-ring (bicyclic) bond motifs is 3. The molecule has 4 heteroatoms. The molecule has 4 nitrogen and oxygen atoms in total. The van der Waals surface area contributed by atoms with E-state index in [-0.39, 0.29) is 12.5 Å². The molecule has 1 aliphatic heterocycles. The molecule has 3 aromatic rings. The van der Waals surface area contributed by atoms with Gasteiger partial charge in [0.2, 0.25) is 0 Å². The van der Waals surface area contributed by atoms with Gasteiger partial charge in [-0.2, -0.15) is 0 Å². The number of carbonyl (C=O) groups is 1. The zero-order valence-corrected chi connectivity index (χ0v) is 16.2. The van der Waals surface area contributed by atoms with E-state index in [1.54, 1.807) is 0 Å². The number of amides is 1. The smallest absolute Gasteiger partial charge is 0.260 e. The molecule has 0 bridgehead atoms. The number of ether oxygens (including phenoxy) is 1. The Morgan fingerprint density at radius 3 is 2.81 bits per heavy atom. The highest BCUT2D eigenvalue weighted by molar-refractivity contribution is 5.86. The molecule has 4 rings (SSSR count). The summed E-state index contributed by atoms with van der Waals surface area (Å²) in [4.78, 5) is 18.1. The number of nitrogens with one attached hydrogen (secondary N) is 1. The van der Waals surface area contributed by atoms with E-state index in [1.165, 1.54) is 27.8 Å². The topological polar surface area (TPSA) is 45.3 Å². The maximum atomic E-state index is 12.7. The molecule has 1 amide bonds. The summed E-state index contributed by atoms with van der Waals surface area (Å²) in [5, 5.41) is 1.21. The summed E-state index contributed by atoms with van der Waals surface area (Å²) in [6, 6.07) is 14.4. The van der Waals surface area contributed by atoms with Gasteiger partial charge in [0.05, 0.1) is 0 Å². The van der Waals surface area contributed by atoms with Crippen molar-refractivity contribution in [2.45, 2.75) is 39.7 Å². The van der Waals surface area contributed by atoms with Crippen molar-refractivity contribution in [2.24, 2.45) is 0 Å². The van der Waals surface area contributed by atoms with E-state index in [1.807, 2.05) is 29.2 Å². The Labute approximate surface area is 160 Å². The van der Waals surface area contributed by atoms with Crippen LogP contribution in [-0.4, -0.2) is 28.9 Å². The normalized spacial score (nSPS) is 13.9. The van der Waals surface area contributed by atoms with Crippen molar-refractivity contribution in [3.8, 4) is 5.75 Å². The first-order valence-electron chi connectivity index (χ1n) is 9.62. The van der Waals surface area contributed by atoms with Crippen molar-refractivity contribution in [1.29, 1.82) is 0 Å². The predicted octanol–water partition coefficient (Wildman–Crippen LogP) is 4.56. The first-order chi connectivity index (χ1) is 13.0. The lowest BCUT2D eigenvalue weighted by molar-refractivity contribution is -0.134. The Morgan fingerprint density at radius 1 is 1.22 bits per heavy atom. The maximum absolute atomic E-state index is 12.7. The standard InChI is InChI=1S/C23H26N2O2/c1-15(2)18-9-8-17(12-16(18)3)27-14-23(26)25-11-10-22-20(13-25)19-6-4-5-7-21(19)24-22/h4-9,12,15,24H,10-11,13-14H2,1-3H3. The predicted molar refractivity (Wildman–Crippen MR) is 108 cm³/mol. The highest BCUT2D eigenvalue weighted by Crippen LogP contribution is 2.28. The Hall–Kier alpha value is -2.75. The third-order valence-corrected chi connectivity index (χ3v) is 5.46. The molecule has 0 radical (unpaired) electrons. The van der Waals surface area contributed by atoms with E-state index >= 15 is 0 Å². The molecule has 2 heterocycles. The second kappa shape index (κ2) is 7.10. The van der Waals surface area contributed by atoms with Gasteiger partial charge in [-0.1, -0.05) is 38.1 Å². The third kappa shape index (κ3) is 3.44. The lowest BCUT2D eigenvalue weighted by atomic mass is 9.98. The monoisotopic (exact) mass is 362 g/mol. The van der Waals surface area contributed by atoms with Crippen molar-refractivity contribution >= 4 is 16.8 Å². The van der Waals surface area contributed by atoms with Crippen molar-refractivity contribution in [2.75, 3.05) is 13.2 Å². The summed E-state index contributed by atoms with van der Waals surface area (Å²) in [5.74, 6) is 1.28. The lowest BCUT2D eigenvalue weighted by Crippen LogP contribution is -2.38. The van der Waals surface area contributed by atoms with Gasteiger partial charge in [0.25, 0.3) is 5.91 Å². The van der Waals surface area contributed by atoms with E-state index in [2.05, 4.69) is 44.0 Å². The van der Waals surface area contributed by atoms with Crippen LogP contribution in [0, 0.1) is 6.92 Å². The molecule has 0 unspecified atom stereocenters. The molecular formula is C23H26N2O2. The fraction of sp³-hybridized carbons (Fsp3) is 0.348. The lowest BCUT2D eigenvalue weighted by Gasteiger charge is -2.27. The molecule has 0 aliphatic carbocycles. The number of hydrogen-bond donors (Lipinski definition) is 1. The van der Waals surface area contributed by atoms with Crippen LogP contribution in [0.4, 0.5) is 0 Å².